The van der Waals surface area contributed by atoms with E-state index >= 15 is 0 Å². The highest BCUT2D eigenvalue weighted by Crippen LogP contribution is 2.64. The number of hydrogen-bond acceptors (Lipinski definition) is 9. The molecule has 0 bridgehead atoms. The second-order valence-electron chi connectivity index (χ2n) is 13.8. The lowest BCUT2D eigenvalue weighted by Gasteiger charge is -2.45. The molecule has 46 heavy (non-hydrogen) atoms. The topological polar surface area (TPSA) is 127 Å². The van der Waals surface area contributed by atoms with E-state index in [0.29, 0.717) is 44.9 Å². The molecule has 0 spiro atoms. The molecular weight excluding hydrogens is 588 g/mol. The van der Waals surface area contributed by atoms with Crippen LogP contribution in [0.2, 0.25) is 0 Å². The zero-order chi connectivity index (χ0) is 33.3. The van der Waals surface area contributed by atoms with Crippen LogP contribution in [0.15, 0.2) is 6.07 Å². The largest absolute Gasteiger partial charge is 0.508 e. The maximum absolute atomic E-state index is 12.1. The first-order valence-electron chi connectivity index (χ1n) is 16.2. The molecule has 0 saturated carbocycles. The molecular formula is C37H44O9. The summed E-state index contributed by atoms with van der Waals surface area (Å²) < 4.78 is 32.3. The van der Waals surface area contributed by atoms with Crippen molar-refractivity contribution >= 4 is 0 Å². The van der Waals surface area contributed by atoms with Crippen LogP contribution in [-0.2, 0) is 18.9 Å². The summed E-state index contributed by atoms with van der Waals surface area (Å²) in [5.41, 5.74) is 7.39. The van der Waals surface area contributed by atoms with Crippen molar-refractivity contribution in [3.63, 3.8) is 0 Å². The smallest absolute Gasteiger partial charge is 0.187 e. The first-order chi connectivity index (χ1) is 21.7. The Balaban J connectivity index is 1.56. The van der Waals surface area contributed by atoms with Crippen molar-refractivity contribution in [2.75, 3.05) is 7.11 Å². The second-order valence-corrected chi connectivity index (χ2v) is 13.8. The number of fused-ring (bicyclic) bond motifs is 4. The molecule has 7 rings (SSSR count). The fraction of sp³-hybridized carbons (Fsp3) is 0.514. The molecule has 0 aromatic heterocycles. The van der Waals surface area contributed by atoms with Gasteiger partial charge < -0.3 is 44.1 Å². The number of benzene rings is 3. The molecule has 0 fully saturated rings. The van der Waals surface area contributed by atoms with E-state index in [1.807, 2.05) is 48.5 Å². The van der Waals surface area contributed by atoms with Crippen LogP contribution in [0.3, 0.4) is 0 Å². The van der Waals surface area contributed by atoms with Gasteiger partial charge in [-0.05, 0) is 74.9 Å². The van der Waals surface area contributed by atoms with E-state index in [-0.39, 0.29) is 59.1 Å². The van der Waals surface area contributed by atoms with Crippen molar-refractivity contribution in [2.24, 2.45) is 0 Å². The molecule has 0 amide bonds. The number of hydrogen-bond donors (Lipinski definition) is 4. The van der Waals surface area contributed by atoms with Crippen molar-refractivity contribution in [3.8, 4) is 34.5 Å². The van der Waals surface area contributed by atoms with E-state index in [1.165, 1.54) is 6.07 Å². The molecule has 9 atom stereocenters. The van der Waals surface area contributed by atoms with E-state index in [9.17, 15) is 20.4 Å². The Bertz CT molecular complexity index is 1800. The number of aromatic hydroxyl groups is 4. The van der Waals surface area contributed by atoms with Gasteiger partial charge in [-0.25, -0.2) is 0 Å². The van der Waals surface area contributed by atoms with Crippen LogP contribution in [-0.4, -0.2) is 45.8 Å². The summed E-state index contributed by atoms with van der Waals surface area (Å²) in [6, 6.07) is 1.33. The van der Waals surface area contributed by atoms with Gasteiger partial charge in [0.05, 0.1) is 35.0 Å². The van der Waals surface area contributed by atoms with Gasteiger partial charge in [0.15, 0.2) is 6.29 Å². The fourth-order valence-corrected chi connectivity index (χ4v) is 8.46. The predicted molar refractivity (Wildman–Crippen MR) is 171 cm³/mol. The van der Waals surface area contributed by atoms with Crippen LogP contribution < -0.4 is 4.74 Å². The maximum atomic E-state index is 12.1. The van der Waals surface area contributed by atoms with Crippen molar-refractivity contribution < 1.29 is 44.1 Å². The molecule has 0 saturated heterocycles. The highest BCUT2D eigenvalue weighted by molar-refractivity contribution is 5.73. The number of methoxy groups -OCH3 is 1. The lowest BCUT2D eigenvalue weighted by atomic mass is 9.74. The Morgan fingerprint density at radius 2 is 1.02 bits per heavy atom. The van der Waals surface area contributed by atoms with Gasteiger partial charge in [-0.3, -0.25) is 0 Å². The molecule has 4 N–H and O–H groups in total. The van der Waals surface area contributed by atoms with Crippen LogP contribution in [0.4, 0.5) is 0 Å². The van der Waals surface area contributed by atoms with Crippen molar-refractivity contribution in [2.45, 2.75) is 117 Å². The van der Waals surface area contributed by atoms with Crippen LogP contribution >= 0.6 is 0 Å². The van der Waals surface area contributed by atoms with Gasteiger partial charge in [0.25, 0.3) is 0 Å². The van der Waals surface area contributed by atoms with Gasteiger partial charge in [-0.1, -0.05) is 20.8 Å². The Kier molecular flexibility index (Phi) is 7.11. The molecule has 9 nitrogen and oxygen atoms in total. The van der Waals surface area contributed by atoms with Crippen molar-refractivity contribution in [1.29, 1.82) is 0 Å². The van der Waals surface area contributed by atoms with E-state index in [2.05, 4.69) is 13.8 Å². The van der Waals surface area contributed by atoms with E-state index in [1.54, 1.807) is 7.11 Å². The summed E-state index contributed by atoms with van der Waals surface area (Å²) in [7, 11) is 1.56. The molecule has 0 aliphatic carbocycles. The zero-order valence-electron chi connectivity index (χ0n) is 28.1. The molecule has 0 radical (unpaired) electrons. The molecule has 3 aromatic carbocycles. The lowest BCUT2D eigenvalue weighted by Crippen LogP contribution is -2.34. The van der Waals surface area contributed by atoms with Gasteiger partial charge in [-0.2, -0.15) is 0 Å². The van der Waals surface area contributed by atoms with Crippen LogP contribution in [0, 0.1) is 20.8 Å². The molecule has 4 aliphatic heterocycles. The standard InChI is InChI=1S/C37H44O9/c1-12-18(7)43-34(26-22(39)11-21(38)15(4)23(12)26)29-31(40)16(5)24-13(2)19(8)44-35-28(24)36(29)46-33-17(6)25-14(3)20(9)45-37(42-10)27(25)32(41)30(33)35/h11-14,18-20,34-35,37-41H,1-10H3/t12-,13-,14-,18-,19-,20-,34+,35-,37?/m1/s1. The summed E-state index contributed by atoms with van der Waals surface area (Å²) in [6.07, 6.45) is -3.12. The molecule has 4 heterocycles. The van der Waals surface area contributed by atoms with E-state index < -0.39 is 18.5 Å². The molecule has 1 unspecified atom stereocenters. The van der Waals surface area contributed by atoms with Gasteiger partial charge in [0.2, 0.25) is 0 Å². The summed E-state index contributed by atoms with van der Waals surface area (Å²) in [6.45, 7) is 17.7. The maximum Gasteiger partial charge on any atom is 0.187 e. The monoisotopic (exact) mass is 632 g/mol. The highest BCUT2D eigenvalue weighted by Gasteiger charge is 2.49. The van der Waals surface area contributed by atoms with E-state index in [0.717, 1.165) is 27.8 Å². The van der Waals surface area contributed by atoms with Crippen LogP contribution in [0.5, 0.6) is 34.5 Å². The Labute approximate surface area is 269 Å². The predicted octanol–water partition coefficient (Wildman–Crippen LogP) is 7.93. The summed E-state index contributed by atoms with van der Waals surface area (Å²) in [5, 5.41) is 46.2. The first-order valence-corrected chi connectivity index (χ1v) is 16.2. The summed E-state index contributed by atoms with van der Waals surface area (Å²) >= 11 is 0. The number of rotatable bonds is 2. The minimum absolute atomic E-state index is 0.00199. The third-order valence-corrected chi connectivity index (χ3v) is 11.4. The average Bonchev–Trinajstić information content (AvgIpc) is 3.01. The van der Waals surface area contributed by atoms with Crippen LogP contribution in [0.1, 0.15) is 139 Å². The third kappa shape index (κ3) is 3.95. The minimum atomic E-state index is -0.909. The first kappa shape index (κ1) is 31.1. The zero-order valence-corrected chi connectivity index (χ0v) is 28.1. The van der Waals surface area contributed by atoms with E-state index in [4.69, 9.17) is 23.7 Å². The summed E-state index contributed by atoms with van der Waals surface area (Å²) in [4.78, 5) is 0. The lowest BCUT2D eigenvalue weighted by molar-refractivity contribution is -0.170. The van der Waals surface area contributed by atoms with Crippen LogP contribution in [0.25, 0.3) is 0 Å². The normalized spacial score (nSPS) is 31.0. The van der Waals surface area contributed by atoms with Gasteiger partial charge >= 0.3 is 0 Å². The Hall–Kier alpha value is -3.50. The summed E-state index contributed by atoms with van der Waals surface area (Å²) in [5.74, 6) is 0.480. The molecule has 4 aliphatic rings. The SMILES string of the molecule is COC1O[C@H](C)[C@@H](C)c2c(C)c3c(c(O)c21)[C@@H]1O[C@H](C)[C@@H](C)c2c(C)c(O)c([C@H]4O[C@H](C)[C@@H](C)c5c(C)c(O)cc(O)c54)c(c21)O3. The van der Waals surface area contributed by atoms with Crippen molar-refractivity contribution in [3.05, 3.63) is 67.3 Å². The molecule has 3 aromatic rings. The number of phenolic OH excluding ortho intramolecular Hbond substituents is 4. The van der Waals surface area contributed by atoms with Gasteiger partial charge in [0.1, 0.15) is 46.7 Å². The molecule has 246 valence electrons. The van der Waals surface area contributed by atoms with Crippen molar-refractivity contribution in [1.82, 2.24) is 0 Å². The Morgan fingerprint density at radius 3 is 1.61 bits per heavy atom. The highest BCUT2D eigenvalue weighted by atomic mass is 16.7. The molecule has 9 heteroatoms. The third-order valence-electron chi connectivity index (χ3n) is 11.4. The number of phenols is 4. The second kappa shape index (κ2) is 10.5. The quantitative estimate of drug-likeness (QED) is 0.223. The number of ether oxygens (including phenoxy) is 5. The average molecular weight is 633 g/mol. The fourth-order valence-electron chi connectivity index (χ4n) is 8.46. The minimum Gasteiger partial charge on any atom is -0.508 e. The van der Waals surface area contributed by atoms with Gasteiger partial charge in [0, 0.05) is 42.1 Å². The Morgan fingerprint density at radius 1 is 0.522 bits per heavy atom. The van der Waals surface area contributed by atoms with Gasteiger partial charge in [-0.15, -0.1) is 0 Å².